The van der Waals surface area contributed by atoms with Gasteiger partial charge in [-0.15, -0.1) is 0 Å². The highest BCUT2D eigenvalue weighted by molar-refractivity contribution is 6.76. The second kappa shape index (κ2) is 10.8. The van der Waals surface area contributed by atoms with Crippen LogP contribution in [0.1, 0.15) is 11.1 Å². The molecule has 202 valence electrons. The number of alkyl halides is 3. The van der Waals surface area contributed by atoms with Gasteiger partial charge in [0.15, 0.2) is 0 Å². The second-order valence-electron chi connectivity index (χ2n) is 10.2. The summed E-state index contributed by atoms with van der Waals surface area (Å²) in [5.41, 5.74) is -0.281. The lowest BCUT2D eigenvalue weighted by molar-refractivity contribution is -0.137. The molecule has 1 N–H and O–H groups in total. The Morgan fingerprint density at radius 1 is 0.947 bits per heavy atom. The summed E-state index contributed by atoms with van der Waals surface area (Å²) in [4.78, 5) is 4.11. The molecule has 0 aliphatic carbocycles. The molecule has 38 heavy (non-hydrogen) atoms. The molecule has 4 rings (SSSR count). The topological polar surface area (TPSA) is 39.1 Å². The molecule has 0 aliphatic rings. The van der Waals surface area contributed by atoms with Gasteiger partial charge in [-0.2, -0.15) is 13.2 Å². The number of hydrogen-bond acceptors (Lipinski definition) is 3. The van der Waals surface area contributed by atoms with Crippen LogP contribution in [-0.4, -0.2) is 24.2 Å². The zero-order valence-corrected chi connectivity index (χ0v) is 22.1. The smallest absolute Gasteiger partial charge is 0.380 e. The molecule has 4 aromatic rings. The fourth-order valence-corrected chi connectivity index (χ4v) is 4.75. The first kappa shape index (κ1) is 27.7. The van der Waals surface area contributed by atoms with Gasteiger partial charge in [-0.05, 0) is 60.1 Å². The van der Waals surface area contributed by atoms with E-state index in [1.807, 2.05) is 0 Å². The highest BCUT2D eigenvalue weighted by Crippen LogP contribution is 2.41. The van der Waals surface area contributed by atoms with E-state index in [-0.39, 0.29) is 29.0 Å². The first-order valence-electron chi connectivity index (χ1n) is 11.9. The Balaban J connectivity index is 1.82. The number of ether oxygens (including phenoxy) is 1. The van der Waals surface area contributed by atoms with E-state index >= 15 is 0 Å². The summed E-state index contributed by atoms with van der Waals surface area (Å²) in [6.45, 7) is 6.68. The fourth-order valence-electron chi connectivity index (χ4n) is 3.99. The molecule has 0 unspecified atom stereocenters. The number of fused-ring (bicyclic) bond motifs is 1. The van der Waals surface area contributed by atoms with E-state index in [0.29, 0.717) is 24.1 Å². The fraction of sp³-hybridized carbons (Fsp3) is 0.296. The van der Waals surface area contributed by atoms with Gasteiger partial charge < -0.3 is 14.6 Å². The number of nitrogens with one attached hydrogen (secondary N) is 1. The number of rotatable bonds is 9. The minimum atomic E-state index is -4.77. The van der Waals surface area contributed by atoms with Crippen molar-refractivity contribution in [2.24, 2.45) is 0 Å². The lowest BCUT2D eigenvalue weighted by Crippen LogP contribution is -2.22. The second-order valence-corrected chi connectivity index (χ2v) is 15.8. The maximum Gasteiger partial charge on any atom is 0.419 e. The van der Waals surface area contributed by atoms with E-state index < -0.39 is 43.8 Å². The molecular formula is C27H27F6N3OSi. The van der Waals surface area contributed by atoms with Crippen molar-refractivity contribution in [2.45, 2.75) is 45.1 Å². The van der Waals surface area contributed by atoms with Crippen molar-refractivity contribution in [3.8, 4) is 11.3 Å². The molecular weight excluding hydrogens is 524 g/mol. The maximum absolute atomic E-state index is 14.2. The third-order valence-electron chi connectivity index (χ3n) is 6.05. The molecule has 11 heteroatoms. The Morgan fingerprint density at radius 3 is 2.29 bits per heavy atom. The van der Waals surface area contributed by atoms with Crippen LogP contribution in [0.3, 0.4) is 0 Å². The van der Waals surface area contributed by atoms with Crippen molar-refractivity contribution in [1.82, 2.24) is 9.55 Å². The number of anilines is 1. The van der Waals surface area contributed by atoms with Gasteiger partial charge in [0.05, 0.1) is 16.9 Å². The summed E-state index contributed by atoms with van der Waals surface area (Å²) in [7, 11) is -1.39. The summed E-state index contributed by atoms with van der Waals surface area (Å²) in [5.74, 6) is -1.92. The average molecular weight is 552 g/mol. The van der Waals surface area contributed by atoms with Crippen LogP contribution in [0, 0.1) is 17.5 Å². The van der Waals surface area contributed by atoms with Gasteiger partial charge >= 0.3 is 6.18 Å². The molecule has 0 fully saturated rings. The highest BCUT2D eigenvalue weighted by atomic mass is 28.3. The van der Waals surface area contributed by atoms with Gasteiger partial charge in [0.2, 0.25) is 0 Å². The first-order chi connectivity index (χ1) is 17.8. The van der Waals surface area contributed by atoms with E-state index in [4.69, 9.17) is 4.74 Å². The first-order valence-corrected chi connectivity index (χ1v) is 15.6. The quantitative estimate of drug-likeness (QED) is 0.130. The summed E-state index contributed by atoms with van der Waals surface area (Å²) in [5, 5.41) is 2.78. The minimum Gasteiger partial charge on any atom is -0.380 e. The molecule has 4 nitrogen and oxygen atoms in total. The number of aromatic nitrogens is 2. The van der Waals surface area contributed by atoms with E-state index in [1.165, 1.54) is 30.3 Å². The van der Waals surface area contributed by atoms with Gasteiger partial charge in [-0.25, -0.2) is 18.2 Å². The van der Waals surface area contributed by atoms with Crippen LogP contribution in [0.25, 0.3) is 22.3 Å². The molecule has 0 saturated heterocycles. The van der Waals surface area contributed by atoms with Crippen molar-refractivity contribution in [3.63, 3.8) is 0 Å². The van der Waals surface area contributed by atoms with Gasteiger partial charge in [-0.1, -0.05) is 19.6 Å². The summed E-state index contributed by atoms with van der Waals surface area (Å²) >= 11 is 0. The molecule has 2 aromatic carbocycles. The molecule has 0 saturated carbocycles. The van der Waals surface area contributed by atoms with Gasteiger partial charge in [0.1, 0.15) is 29.8 Å². The lowest BCUT2D eigenvalue weighted by Gasteiger charge is -2.18. The molecule has 2 aromatic heterocycles. The van der Waals surface area contributed by atoms with Crippen LogP contribution in [0.15, 0.2) is 54.7 Å². The molecule has 0 radical (unpaired) electrons. The van der Waals surface area contributed by atoms with Gasteiger partial charge in [0.25, 0.3) is 0 Å². The Bertz CT molecular complexity index is 1430. The predicted octanol–water partition coefficient (Wildman–Crippen LogP) is 8.06. The van der Waals surface area contributed by atoms with Crippen LogP contribution in [0.4, 0.5) is 32.0 Å². The zero-order chi connectivity index (χ0) is 27.7. The van der Waals surface area contributed by atoms with Crippen LogP contribution >= 0.6 is 0 Å². The molecule has 0 spiro atoms. The van der Waals surface area contributed by atoms with Gasteiger partial charge in [-0.3, -0.25) is 0 Å². The number of nitrogens with zero attached hydrogens (tertiary/aromatic N) is 2. The van der Waals surface area contributed by atoms with Crippen molar-refractivity contribution in [2.75, 3.05) is 11.9 Å². The Labute approximate surface area is 217 Å². The van der Waals surface area contributed by atoms with E-state index in [2.05, 4.69) is 29.9 Å². The summed E-state index contributed by atoms with van der Waals surface area (Å²) in [6.07, 6.45) is -4.06. The third-order valence-corrected chi connectivity index (χ3v) is 7.75. The van der Waals surface area contributed by atoms with Crippen LogP contribution in [0.5, 0.6) is 0 Å². The SMILES string of the molecule is C[Si](C)(C)CCOCn1c(-c2ccc(F)cc2)cc2c(NCc3cc(F)ccc3F)c(C(F)(F)F)cnc21. The van der Waals surface area contributed by atoms with Crippen molar-refractivity contribution in [3.05, 3.63) is 83.3 Å². The zero-order valence-electron chi connectivity index (χ0n) is 21.1. The molecule has 2 heterocycles. The normalized spacial score (nSPS) is 12.3. The van der Waals surface area contributed by atoms with Crippen LogP contribution in [-0.2, 0) is 24.2 Å². The number of halogens is 6. The van der Waals surface area contributed by atoms with Crippen molar-refractivity contribution < 1.29 is 31.1 Å². The largest absolute Gasteiger partial charge is 0.419 e. The maximum atomic E-state index is 14.2. The van der Waals surface area contributed by atoms with E-state index in [1.54, 1.807) is 4.57 Å². The van der Waals surface area contributed by atoms with Crippen LogP contribution < -0.4 is 5.32 Å². The molecule has 0 amide bonds. The van der Waals surface area contributed by atoms with Crippen LogP contribution in [0.2, 0.25) is 25.7 Å². The summed E-state index contributed by atoms with van der Waals surface area (Å²) in [6, 6.07) is 10.7. The number of hydrogen-bond donors (Lipinski definition) is 1. The predicted molar refractivity (Wildman–Crippen MR) is 138 cm³/mol. The standard InChI is InChI=1S/C27H27F6N3OSi/c1-38(2,3)11-10-37-16-36-24(17-4-6-19(28)7-5-17)13-21-25(22(27(31,32)33)15-35-26(21)36)34-14-18-12-20(29)8-9-23(18)30/h4-9,12-13,15H,10-11,14,16H2,1-3H3,(H,34,35). The Kier molecular flexibility index (Phi) is 7.89. The minimum absolute atomic E-state index is 0.0109. The number of benzene rings is 2. The molecule has 0 aliphatic heterocycles. The Hall–Kier alpha value is -3.31. The highest BCUT2D eigenvalue weighted by Gasteiger charge is 2.36. The molecule has 0 bridgehead atoms. The summed E-state index contributed by atoms with van der Waals surface area (Å²) < 4.78 is 91.0. The monoisotopic (exact) mass is 551 g/mol. The Morgan fingerprint density at radius 2 is 1.63 bits per heavy atom. The number of pyridine rings is 1. The van der Waals surface area contributed by atoms with E-state index in [9.17, 15) is 26.3 Å². The van der Waals surface area contributed by atoms with E-state index in [0.717, 1.165) is 24.2 Å². The third kappa shape index (κ3) is 6.39. The van der Waals surface area contributed by atoms with Gasteiger partial charge in [0, 0.05) is 38.4 Å². The molecule has 0 atom stereocenters. The lowest BCUT2D eigenvalue weighted by atomic mass is 10.1. The van der Waals surface area contributed by atoms with Crippen molar-refractivity contribution >= 4 is 24.8 Å². The average Bonchev–Trinajstić information content (AvgIpc) is 3.20. The van der Waals surface area contributed by atoms with Crippen molar-refractivity contribution in [1.29, 1.82) is 0 Å².